The second-order valence-corrected chi connectivity index (χ2v) is 8.94. The van der Waals surface area contributed by atoms with Crippen LogP contribution in [0.25, 0.3) is 0 Å². The lowest BCUT2D eigenvalue weighted by Gasteiger charge is -2.29. The van der Waals surface area contributed by atoms with Crippen LogP contribution in [0.15, 0.2) is 0 Å². The molecule has 0 bridgehead atoms. The van der Waals surface area contributed by atoms with Gasteiger partial charge < -0.3 is 4.43 Å². The Labute approximate surface area is 109 Å². The standard InChI is InChI=1S/C12H15F5OSi/c1-4-19(5-2,6-3)18-12-10(16)8(14)7(13)9(15)11(12)17/h4-6H2,1-3H3. The van der Waals surface area contributed by atoms with Gasteiger partial charge >= 0.3 is 0 Å². The zero-order valence-electron chi connectivity index (χ0n) is 10.9. The molecule has 0 amide bonds. The molecule has 0 aromatic heterocycles. The summed E-state index contributed by atoms with van der Waals surface area (Å²) in [5.41, 5.74) is 0. The average molecular weight is 298 g/mol. The van der Waals surface area contributed by atoms with E-state index in [1.165, 1.54) is 0 Å². The number of rotatable bonds is 5. The molecule has 1 aromatic rings. The molecule has 108 valence electrons. The first-order valence-corrected chi connectivity index (χ1v) is 8.56. The Kier molecular flexibility index (Phi) is 4.95. The van der Waals surface area contributed by atoms with Gasteiger partial charge in [0.2, 0.25) is 29.1 Å². The van der Waals surface area contributed by atoms with Crippen molar-refractivity contribution >= 4 is 8.32 Å². The third-order valence-electron chi connectivity index (χ3n) is 3.42. The van der Waals surface area contributed by atoms with Gasteiger partial charge in [-0.25, -0.2) is 13.2 Å². The molecule has 0 N–H and O–H groups in total. The van der Waals surface area contributed by atoms with Gasteiger partial charge in [-0.2, -0.15) is 8.78 Å². The summed E-state index contributed by atoms with van der Waals surface area (Å²) in [4.78, 5) is 0. The molecule has 0 atom stereocenters. The lowest BCUT2D eigenvalue weighted by atomic mass is 10.3. The molecule has 0 heterocycles. The average Bonchev–Trinajstić information content (AvgIpc) is 2.44. The fraction of sp³-hybridized carbons (Fsp3) is 0.500. The SMILES string of the molecule is CC[Si](CC)(CC)Oc1c(F)c(F)c(F)c(F)c1F. The Hall–Kier alpha value is -1.11. The molecule has 19 heavy (non-hydrogen) atoms. The van der Waals surface area contributed by atoms with Gasteiger partial charge in [0.25, 0.3) is 8.32 Å². The molecule has 0 aliphatic rings. The van der Waals surface area contributed by atoms with Crippen molar-refractivity contribution in [2.24, 2.45) is 0 Å². The maximum atomic E-state index is 13.5. The van der Waals surface area contributed by atoms with Crippen LogP contribution in [-0.4, -0.2) is 8.32 Å². The zero-order valence-corrected chi connectivity index (χ0v) is 11.9. The van der Waals surface area contributed by atoms with E-state index in [0.717, 1.165) is 0 Å². The van der Waals surface area contributed by atoms with Crippen molar-refractivity contribution in [3.63, 3.8) is 0 Å². The second kappa shape index (κ2) is 5.90. The highest BCUT2D eigenvalue weighted by molar-refractivity contribution is 6.74. The van der Waals surface area contributed by atoms with Crippen molar-refractivity contribution in [2.45, 2.75) is 38.9 Å². The molecule has 7 heteroatoms. The number of hydrogen-bond donors (Lipinski definition) is 0. The molecular formula is C12H15F5OSi. The minimum Gasteiger partial charge on any atom is -0.539 e. The molecule has 0 saturated carbocycles. The molecule has 0 fully saturated rings. The summed E-state index contributed by atoms with van der Waals surface area (Å²) in [6.45, 7) is 5.35. The third-order valence-corrected chi connectivity index (χ3v) is 7.92. The van der Waals surface area contributed by atoms with Crippen LogP contribution in [0, 0.1) is 29.1 Å². The third kappa shape index (κ3) is 2.75. The van der Waals surface area contributed by atoms with E-state index in [9.17, 15) is 22.0 Å². The minimum atomic E-state index is -2.52. The molecule has 0 saturated heterocycles. The largest absolute Gasteiger partial charge is 0.539 e. The highest BCUT2D eigenvalue weighted by Gasteiger charge is 2.35. The first-order chi connectivity index (χ1) is 8.83. The van der Waals surface area contributed by atoms with Crippen LogP contribution < -0.4 is 4.43 Å². The van der Waals surface area contributed by atoms with Crippen molar-refractivity contribution in [2.75, 3.05) is 0 Å². The van der Waals surface area contributed by atoms with E-state index < -0.39 is 43.2 Å². The van der Waals surface area contributed by atoms with Gasteiger partial charge in [-0.15, -0.1) is 0 Å². The predicted molar refractivity (Wildman–Crippen MR) is 64.1 cm³/mol. The lowest BCUT2D eigenvalue weighted by molar-refractivity contribution is 0.344. The Bertz CT molecular complexity index is 436. The zero-order chi connectivity index (χ0) is 14.8. The number of halogens is 5. The molecular weight excluding hydrogens is 283 g/mol. The van der Waals surface area contributed by atoms with Crippen molar-refractivity contribution in [1.82, 2.24) is 0 Å². The fourth-order valence-electron chi connectivity index (χ4n) is 1.86. The Morgan fingerprint density at radius 2 is 1.00 bits per heavy atom. The first kappa shape index (κ1) is 15.9. The maximum absolute atomic E-state index is 13.5. The quantitative estimate of drug-likeness (QED) is 0.329. The van der Waals surface area contributed by atoms with E-state index in [-0.39, 0.29) is 0 Å². The summed E-state index contributed by atoms with van der Waals surface area (Å²) in [5.74, 6) is -11.1. The predicted octanol–water partition coefficient (Wildman–Crippen LogP) is 4.77. The van der Waals surface area contributed by atoms with E-state index >= 15 is 0 Å². The molecule has 1 rings (SSSR count). The second-order valence-electron chi connectivity index (χ2n) is 4.24. The Morgan fingerprint density at radius 1 is 0.684 bits per heavy atom. The van der Waals surface area contributed by atoms with E-state index in [2.05, 4.69) is 0 Å². The van der Waals surface area contributed by atoms with Crippen LogP contribution in [0.4, 0.5) is 22.0 Å². The summed E-state index contributed by atoms with van der Waals surface area (Å²) in [7, 11) is -2.52. The fourth-order valence-corrected chi connectivity index (χ4v) is 4.40. The molecule has 0 unspecified atom stereocenters. The van der Waals surface area contributed by atoms with Gasteiger partial charge in [0.05, 0.1) is 0 Å². The van der Waals surface area contributed by atoms with Gasteiger partial charge in [-0.05, 0) is 18.1 Å². The monoisotopic (exact) mass is 298 g/mol. The lowest BCUT2D eigenvalue weighted by Crippen LogP contribution is -2.40. The summed E-state index contributed by atoms with van der Waals surface area (Å²) >= 11 is 0. The summed E-state index contributed by atoms with van der Waals surface area (Å²) in [6.07, 6.45) is 0. The highest BCUT2D eigenvalue weighted by Crippen LogP contribution is 2.33. The molecule has 1 nitrogen and oxygen atoms in total. The van der Waals surface area contributed by atoms with Crippen molar-refractivity contribution in [3.8, 4) is 5.75 Å². The van der Waals surface area contributed by atoms with Crippen LogP contribution in [-0.2, 0) is 0 Å². The highest BCUT2D eigenvalue weighted by atomic mass is 28.4. The van der Waals surface area contributed by atoms with Gasteiger partial charge in [-0.3, -0.25) is 0 Å². The minimum absolute atomic E-state index is 0.527. The van der Waals surface area contributed by atoms with E-state index in [4.69, 9.17) is 4.43 Å². The normalized spacial score (nSPS) is 11.8. The Morgan fingerprint density at radius 3 is 1.32 bits per heavy atom. The summed E-state index contributed by atoms with van der Waals surface area (Å²) < 4.78 is 71.3. The maximum Gasteiger partial charge on any atom is 0.250 e. The van der Waals surface area contributed by atoms with Gasteiger partial charge in [0, 0.05) is 0 Å². The van der Waals surface area contributed by atoms with Crippen molar-refractivity contribution in [3.05, 3.63) is 29.1 Å². The van der Waals surface area contributed by atoms with Crippen LogP contribution in [0.2, 0.25) is 18.1 Å². The van der Waals surface area contributed by atoms with Gasteiger partial charge in [0.15, 0.2) is 5.75 Å². The molecule has 1 aromatic carbocycles. The number of benzene rings is 1. The molecule has 0 aliphatic heterocycles. The summed E-state index contributed by atoms with van der Waals surface area (Å²) in [6, 6.07) is 1.58. The van der Waals surface area contributed by atoms with Crippen molar-refractivity contribution < 1.29 is 26.4 Å². The van der Waals surface area contributed by atoms with Crippen molar-refractivity contribution in [1.29, 1.82) is 0 Å². The molecule has 0 aliphatic carbocycles. The topological polar surface area (TPSA) is 9.23 Å². The first-order valence-electron chi connectivity index (χ1n) is 6.04. The van der Waals surface area contributed by atoms with Crippen LogP contribution in [0.5, 0.6) is 5.75 Å². The van der Waals surface area contributed by atoms with E-state index in [1.807, 2.05) is 0 Å². The van der Waals surface area contributed by atoms with E-state index in [0.29, 0.717) is 18.1 Å². The van der Waals surface area contributed by atoms with E-state index in [1.54, 1.807) is 20.8 Å². The summed E-state index contributed by atoms with van der Waals surface area (Å²) in [5, 5.41) is 0. The molecule has 0 spiro atoms. The van der Waals surface area contributed by atoms with Crippen LogP contribution in [0.3, 0.4) is 0 Å². The van der Waals surface area contributed by atoms with Gasteiger partial charge in [-0.1, -0.05) is 20.8 Å². The van der Waals surface area contributed by atoms with Crippen LogP contribution >= 0.6 is 0 Å². The molecule has 0 radical (unpaired) electrons. The Balaban J connectivity index is 3.36. The smallest absolute Gasteiger partial charge is 0.250 e. The van der Waals surface area contributed by atoms with Crippen LogP contribution in [0.1, 0.15) is 20.8 Å². The van der Waals surface area contributed by atoms with Gasteiger partial charge in [0.1, 0.15) is 0 Å². The number of hydrogen-bond acceptors (Lipinski definition) is 1.